The molecule has 3 rings (SSSR count). The van der Waals surface area contributed by atoms with Crippen molar-refractivity contribution < 1.29 is 13.2 Å². The van der Waals surface area contributed by atoms with Gasteiger partial charge in [-0.25, -0.2) is 8.42 Å². The van der Waals surface area contributed by atoms with Crippen LogP contribution in [0, 0.1) is 3.57 Å². The zero-order valence-electron chi connectivity index (χ0n) is 14.5. The Bertz CT molecular complexity index is 897. The molecular weight excluding hydrogens is 463 g/mol. The van der Waals surface area contributed by atoms with Crippen LogP contribution in [0.3, 0.4) is 0 Å². The lowest BCUT2D eigenvalue weighted by Crippen LogP contribution is -2.42. The molecule has 0 aromatic heterocycles. The fourth-order valence-corrected chi connectivity index (χ4v) is 4.50. The highest BCUT2D eigenvalue weighted by molar-refractivity contribution is 14.1. The summed E-state index contributed by atoms with van der Waals surface area (Å²) in [6, 6.07) is 15.1. The number of benzene rings is 2. The summed E-state index contributed by atoms with van der Waals surface area (Å²) >= 11 is 2.16. The minimum Gasteiger partial charge on any atom is -0.348 e. The molecule has 0 spiro atoms. The third-order valence-corrected chi connectivity index (χ3v) is 6.37. The highest BCUT2D eigenvalue weighted by Crippen LogP contribution is 2.29. The molecule has 5 nitrogen and oxygen atoms in total. The Morgan fingerprint density at radius 2 is 1.88 bits per heavy atom. The van der Waals surface area contributed by atoms with E-state index < -0.39 is 10.0 Å². The van der Waals surface area contributed by atoms with Gasteiger partial charge < -0.3 is 5.32 Å². The quantitative estimate of drug-likeness (QED) is 0.663. The molecule has 1 aliphatic carbocycles. The van der Waals surface area contributed by atoms with Crippen LogP contribution < -0.4 is 9.62 Å². The van der Waals surface area contributed by atoms with Gasteiger partial charge in [-0.1, -0.05) is 24.3 Å². The zero-order valence-corrected chi connectivity index (χ0v) is 17.5. The van der Waals surface area contributed by atoms with Crippen molar-refractivity contribution in [1.29, 1.82) is 0 Å². The molecule has 26 heavy (non-hydrogen) atoms. The van der Waals surface area contributed by atoms with E-state index >= 15 is 0 Å². The number of halogens is 1. The normalized spacial score (nSPS) is 16.6. The summed E-state index contributed by atoms with van der Waals surface area (Å²) < 4.78 is 26.5. The second-order valence-electron chi connectivity index (χ2n) is 6.46. The first-order chi connectivity index (χ1) is 12.3. The summed E-state index contributed by atoms with van der Waals surface area (Å²) in [5.41, 5.74) is 2.88. The van der Waals surface area contributed by atoms with Crippen LogP contribution in [0.15, 0.2) is 48.5 Å². The van der Waals surface area contributed by atoms with Crippen molar-refractivity contribution in [2.45, 2.75) is 25.3 Å². The lowest BCUT2D eigenvalue weighted by atomic mass is 9.88. The van der Waals surface area contributed by atoms with Gasteiger partial charge in [-0.05, 0) is 77.2 Å². The van der Waals surface area contributed by atoms with Gasteiger partial charge in [0.15, 0.2) is 0 Å². The molecule has 0 unspecified atom stereocenters. The molecule has 1 aliphatic rings. The summed E-state index contributed by atoms with van der Waals surface area (Å²) in [6.45, 7) is -0.224. The van der Waals surface area contributed by atoms with E-state index in [0.717, 1.165) is 39.0 Å². The van der Waals surface area contributed by atoms with Gasteiger partial charge in [-0.15, -0.1) is 0 Å². The number of sulfonamides is 1. The van der Waals surface area contributed by atoms with Crippen LogP contribution in [-0.4, -0.2) is 27.1 Å². The number of aryl methyl sites for hydroxylation is 1. The van der Waals surface area contributed by atoms with Crippen LogP contribution >= 0.6 is 22.6 Å². The maximum Gasteiger partial charge on any atom is 0.241 e. The van der Waals surface area contributed by atoms with Crippen LogP contribution in [0.2, 0.25) is 0 Å². The molecule has 0 radical (unpaired) electrons. The largest absolute Gasteiger partial charge is 0.348 e. The minimum atomic E-state index is -3.56. The van der Waals surface area contributed by atoms with Crippen molar-refractivity contribution in [3.8, 4) is 0 Å². The predicted molar refractivity (Wildman–Crippen MR) is 112 cm³/mol. The lowest BCUT2D eigenvalue weighted by molar-refractivity contribution is -0.120. The highest BCUT2D eigenvalue weighted by atomic mass is 127. The van der Waals surface area contributed by atoms with Crippen molar-refractivity contribution >= 4 is 44.2 Å². The minimum absolute atomic E-state index is 0.0643. The van der Waals surface area contributed by atoms with Gasteiger partial charge in [-0.3, -0.25) is 9.10 Å². The SMILES string of the molecule is CS(=O)(=O)N(CC(=O)N[C@H]1CCCc2ccccc21)c1ccc(I)cc1. The Hall–Kier alpha value is -1.61. The average Bonchev–Trinajstić information content (AvgIpc) is 2.60. The van der Waals surface area contributed by atoms with Gasteiger partial charge in [0.05, 0.1) is 18.0 Å². The van der Waals surface area contributed by atoms with E-state index in [-0.39, 0.29) is 18.5 Å². The molecule has 0 aliphatic heterocycles. The first kappa shape index (κ1) is 19.2. The van der Waals surface area contributed by atoms with Crippen LogP contribution in [0.25, 0.3) is 0 Å². The maximum absolute atomic E-state index is 12.6. The second kappa shape index (κ2) is 7.96. The first-order valence-electron chi connectivity index (χ1n) is 8.45. The molecule has 0 fully saturated rings. The molecular formula is C19H21IN2O3S. The van der Waals surface area contributed by atoms with Gasteiger partial charge in [-0.2, -0.15) is 0 Å². The van der Waals surface area contributed by atoms with E-state index in [1.165, 1.54) is 5.56 Å². The number of hydrogen-bond donors (Lipinski definition) is 1. The van der Waals surface area contributed by atoms with Crippen LogP contribution in [0.5, 0.6) is 0 Å². The molecule has 1 atom stereocenters. The van der Waals surface area contributed by atoms with Crippen molar-refractivity contribution in [2.24, 2.45) is 0 Å². The molecule has 0 saturated heterocycles. The van der Waals surface area contributed by atoms with E-state index in [4.69, 9.17) is 0 Å². The number of amides is 1. The lowest BCUT2D eigenvalue weighted by Gasteiger charge is -2.28. The number of fused-ring (bicyclic) bond motifs is 1. The molecule has 1 N–H and O–H groups in total. The molecule has 0 saturated carbocycles. The number of nitrogens with one attached hydrogen (secondary N) is 1. The molecule has 7 heteroatoms. The first-order valence-corrected chi connectivity index (χ1v) is 11.4. The third kappa shape index (κ3) is 4.56. The Morgan fingerprint density at radius 1 is 1.19 bits per heavy atom. The van der Waals surface area contributed by atoms with Crippen molar-refractivity contribution in [3.05, 3.63) is 63.2 Å². The Morgan fingerprint density at radius 3 is 2.58 bits per heavy atom. The van der Waals surface area contributed by atoms with Crippen molar-refractivity contribution in [3.63, 3.8) is 0 Å². The van der Waals surface area contributed by atoms with Crippen molar-refractivity contribution in [2.75, 3.05) is 17.1 Å². The van der Waals surface area contributed by atoms with Gasteiger partial charge in [0, 0.05) is 3.57 Å². The van der Waals surface area contributed by atoms with E-state index in [2.05, 4.69) is 34.0 Å². The van der Waals surface area contributed by atoms with E-state index in [0.29, 0.717) is 5.69 Å². The maximum atomic E-state index is 12.6. The van der Waals surface area contributed by atoms with Gasteiger partial charge in [0.1, 0.15) is 6.54 Å². The number of nitrogens with zero attached hydrogens (tertiary/aromatic N) is 1. The summed E-state index contributed by atoms with van der Waals surface area (Å²) in [6.07, 6.45) is 4.01. The van der Waals surface area contributed by atoms with E-state index in [9.17, 15) is 13.2 Å². The Kier molecular flexibility index (Phi) is 5.86. The molecule has 0 bridgehead atoms. The fourth-order valence-electron chi connectivity index (χ4n) is 3.28. The van der Waals surface area contributed by atoms with Crippen LogP contribution in [0.1, 0.15) is 30.0 Å². The number of anilines is 1. The smallest absolute Gasteiger partial charge is 0.241 e. The second-order valence-corrected chi connectivity index (χ2v) is 9.61. The number of carbonyl (C=O) groups excluding carboxylic acids is 1. The Labute approximate surface area is 168 Å². The molecule has 2 aromatic carbocycles. The third-order valence-electron chi connectivity index (χ3n) is 4.51. The summed E-state index contributed by atoms with van der Waals surface area (Å²) in [5.74, 6) is -0.296. The molecule has 138 valence electrons. The monoisotopic (exact) mass is 484 g/mol. The average molecular weight is 484 g/mol. The van der Waals surface area contributed by atoms with Gasteiger partial charge >= 0.3 is 0 Å². The summed E-state index contributed by atoms with van der Waals surface area (Å²) in [5, 5.41) is 3.01. The number of rotatable bonds is 5. The van der Waals surface area contributed by atoms with Crippen molar-refractivity contribution in [1.82, 2.24) is 5.32 Å². The summed E-state index contributed by atoms with van der Waals surface area (Å²) in [4.78, 5) is 12.6. The molecule has 0 heterocycles. The predicted octanol–water partition coefficient (Wildman–Crippen LogP) is 3.25. The fraction of sp³-hybridized carbons (Fsp3) is 0.316. The zero-order chi connectivity index (χ0) is 18.7. The van der Waals surface area contributed by atoms with Crippen LogP contribution in [-0.2, 0) is 21.2 Å². The van der Waals surface area contributed by atoms with Crippen LogP contribution in [0.4, 0.5) is 5.69 Å². The number of hydrogen-bond acceptors (Lipinski definition) is 3. The molecule has 1 amide bonds. The Balaban J connectivity index is 1.76. The molecule has 2 aromatic rings. The van der Waals surface area contributed by atoms with Gasteiger partial charge in [0.2, 0.25) is 15.9 Å². The summed E-state index contributed by atoms with van der Waals surface area (Å²) in [7, 11) is -3.56. The highest BCUT2D eigenvalue weighted by Gasteiger charge is 2.25. The number of carbonyl (C=O) groups is 1. The van der Waals surface area contributed by atoms with E-state index in [1.807, 2.05) is 30.3 Å². The van der Waals surface area contributed by atoms with Gasteiger partial charge in [0.25, 0.3) is 0 Å². The topological polar surface area (TPSA) is 66.5 Å². The standard InChI is InChI=1S/C19H21IN2O3S/c1-26(24,25)22(16-11-9-15(20)10-12-16)13-19(23)21-18-8-4-6-14-5-2-3-7-17(14)18/h2-3,5,7,9-12,18H,4,6,8,13H2,1H3,(H,21,23)/t18-/m0/s1. The van der Waals surface area contributed by atoms with E-state index in [1.54, 1.807) is 12.1 Å².